The van der Waals surface area contributed by atoms with Crippen LogP contribution in [0.3, 0.4) is 0 Å². The van der Waals surface area contributed by atoms with Gasteiger partial charge in [0.05, 0.1) is 6.61 Å². The highest BCUT2D eigenvalue weighted by molar-refractivity contribution is 4.85. The third-order valence-electron chi connectivity index (χ3n) is 3.57. The maximum Gasteiger partial charge on any atom is 0.0630 e. The van der Waals surface area contributed by atoms with Crippen molar-refractivity contribution in [1.82, 2.24) is 10.2 Å². The van der Waals surface area contributed by atoms with Crippen molar-refractivity contribution in [3.05, 3.63) is 0 Å². The molecule has 0 amide bonds. The molecule has 3 heteroatoms. The van der Waals surface area contributed by atoms with E-state index >= 15 is 0 Å². The number of likely N-dealkylation sites (tertiary alicyclic amines) is 1. The predicted octanol–water partition coefficient (Wildman–Crippen LogP) is 2.12. The van der Waals surface area contributed by atoms with E-state index in [1.165, 1.54) is 25.9 Å². The van der Waals surface area contributed by atoms with E-state index in [2.05, 4.69) is 37.9 Å². The first-order chi connectivity index (χ1) is 7.94. The van der Waals surface area contributed by atoms with Gasteiger partial charge in [-0.15, -0.1) is 0 Å². The lowest BCUT2D eigenvalue weighted by molar-refractivity contribution is 0.0349. The maximum atomic E-state index is 5.38. The normalized spacial score (nSPS) is 22.9. The number of methoxy groups -OCH3 is 1. The molecule has 1 atom stereocenters. The molecule has 102 valence electrons. The number of hydrogen-bond donors (Lipinski definition) is 1. The molecule has 1 rings (SSSR count). The average molecular weight is 242 g/mol. The zero-order chi connectivity index (χ0) is 12.9. The number of nitrogens with zero attached hydrogens (tertiary/aromatic N) is 1. The fourth-order valence-corrected chi connectivity index (χ4v) is 2.64. The number of rotatable bonds is 6. The molecule has 0 aliphatic carbocycles. The van der Waals surface area contributed by atoms with Crippen LogP contribution in [0.25, 0.3) is 0 Å². The van der Waals surface area contributed by atoms with Crippen LogP contribution in [0.15, 0.2) is 0 Å². The molecule has 17 heavy (non-hydrogen) atoms. The van der Waals surface area contributed by atoms with Crippen LogP contribution in [0.5, 0.6) is 0 Å². The molecule has 3 nitrogen and oxygen atoms in total. The number of piperidine rings is 1. The summed E-state index contributed by atoms with van der Waals surface area (Å²) in [5.74, 6) is 0. The molecule has 1 heterocycles. The van der Waals surface area contributed by atoms with E-state index in [1.807, 2.05) is 0 Å². The fourth-order valence-electron chi connectivity index (χ4n) is 2.64. The van der Waals surface area contributed by atoms with Crippen molar-refractivity contribution in [3.63, 3.8) is 0 Å². The standard InChI is InChI=1S/C14H30N2O/c1-12(2)15-9-13(10-17-5)16-8-6-7-14(3,4)11-16/h12-13,15H,6-11H2,1-5H3. The predicted molar refractivity (Wildman–Crippen MR) is 73.4 cm³/mol. The molecule has 0 aromatic carbocycles. The lowest BCUT2D eigenvalue weighted by Gasteiger charge is -2.42. The third kappa shape index (κ3) is 5.36. The summed E-state index contributed by atoms with van der Waals surface area (Å²) in [6, 6.07) is 1.06. The second-order valence-electron chi connectivity index (χ2n) is 6.41. The Hall–Kier alpha value is -0.120. The Morgan fingerprint density at radius 1 is 1.35 bits per heavy atom. The summed E-state index contributed by atoms with van der Waals surface area (Å²) < 4.78 is 5.38. The summed E-state index contributed by atoms with van der Waals surface area (Å²) in [6.07, 6.45) is 2.66. The van der Waals surface area contributed by atoms with Gasteiger partial charge in [-0.2, -0.15) is 0 Å². The fraction of sp³-hybridized carbons (Fsp3) is 1.00. The van der Waals surface area contributed by atoms with Crippen molar-refractivity contribution in [2.45, 2.75) is 52.6 Å². The van der Waals surface area contributed by atoms with E-state index in [0.717, 1.165) is 13.2 Å². The monoisotopic (exact) mass is 242 g/mol. The topological polar surface area (TPSA) is 24.5 Å². The van der Waals surface area contributed by atoms with Gasteiger partial charge >= 0.3 is 0 Å². The Labute approximate surface area is 107 Å². The highest BCUT2D eigenvalue weighted by Crippen LogP contribution is 2.29. The minimum absolute atomic E-state index is 0.460. The Balaban J connectivity index is 2.50. The van der Waals surface area contributed by atoms with Crippen molar-refractivity contribution in [2.75, 3.05) is 33.4 Å². The van der Waals surface area contributed by atoms with Gasteiger partial charge in [0.2, 0.25) is 0 Å². The van der Waals surface area contributed by atoms with Crippen LogP contribution >= 0.6 is 0 Å². The first kappa shape index (κ1) is 14.9. The quantitative estimate of drug-likeness (QED) is 0.772. The van der Waals surface area contributed by atoms with E-state index in [0.29, 0.717) is 17.5 Å². The lowest BCUT2D eigenvalue weighted by atomic mass is 9.83. The van der Waals surface area contributed by atoms with E-state index in [4.69, 9.17) is 4.74 Å². The molecule has 0 spiro atoms. The van der Waals surface area contributed by atoms with Gasteiger partial charge in [-0.3, -0.25) is 4.90 Å². The third-order valence-corrected chi connectivity index (χ3v) is 3.57. The number of nitrogens with one attached hydrogen (secondary N) is 1. The van der Waals surface area contributed by atoms with Gasteiger partial charge in [0.25, 0.3) is 0 Å². The molecule has 0 aromatic rings. The summed E-state index contributed by atoms with van der Waals surface area (Å²) >= 11 is 0. The second-order valence-corrected chi connectivity index (χ2v) is 6.41. The van der Waals surface area contributed by atoms with Crippen molar-refractivity contribution in [1.29, 1.82) is 0 Å². The first-order valence-corrected chi connectivity index (χ1v) is 6.91. The van der Waals surface area contributed by atoms with Crippen LogP contribution in [-0.4, -0.2) is 50.3 Å². The van der Waals surface area contributed by atoms with Crippen LogP contribution in [0, 0.1) is 5.41 Å². The molecule has 1 saturated heterocycles. The summed E-state index contributed by atoms with van der Waals surface area (Å²) in [5, 5.41) is 3.53. The number of ether oxygens (including phenoxy) is 1. The minimum atomic E-state index is 0.460. The van der Waals surface area contributed by atoms with E-state index in [-0.39, 0.29) is 0 Å². The van der Waals surface area contributed by atoms with Crippen LogP contribution < -0.4 is 5.32 Å². The highest BCUT2D eigenvalue weighted by Gasteiger charge is 2.30. The van der Waals surface area contributed by atoms with Gasteiger partial charge in [0, 0.05) is 32.3 Å². The Morgan fingerprint density at radius 2 is 2.06 bits per heavy atom. The van der Waals surface area contributed by atoms with Gasteiger partial charge in [-0.1, -0.05) is 27.7 Å². The van der Waals surface area contributed by atoms with Crippen LogP contribution in [0.2, 0.25) is 0 Å². The first-order valence-electron chi connectivity index (χ1n) is 6.91. The molecule has 0 aromatic heterocycles. The van der Waals surface area contributed by atoms with Crippen LogP contribution in [0.1, 0.15) is 40.5 Å². The molecule has 1 aliphatic heterocycles. The van der Waals surface area contributed by atoms with Gasteiger partial charge in [-0.25, -0.2) is 0 Å². The van der Waals surface area contributed by atoms with E-state index < -0.39 is 0 Å². The summed E-state index contributed by atoms with van der Waals surface area (Å²) in [4.78, 5) is 2.60. The van der Waals surface area contributed by atoms with Crippen molar-refractivity contribution >= 4 is 0 Å². The van der Waals surface area contributed by atoms with Crippen molar-refractivity contribution < 1.29 is 4.74 Å². The Bertz CT molecular complexity index is 216. The molecule has 0 bridgehead atoms. The van der Waals surface area contributed by atoms with Crippen molar-refractivity contribution in [3.8, 4) is 0 Å². The van der Waals surface area contributed by atoms with Gasteiger partial charge in [-0.05, 0) is 24.8 Å². The maximum absolute atomic E-state index is 5.38. The van der Waals surface area contributed by atoms with Crippen LogP contribution in [-0.2, 0) is 4.74 Å². The summed E-state index contributed by atoms with van der Waals surface area (Å²) in [7, 11) is 1.80. The van der Waals surface area contributed by atoms with Crippen LogP contribution in [0.4, 0.5) is 0 Å². The van der Waals surface area contributed by atoms with Gasteiger partial charge in [0.1, 0.15) is 0 Å². The molecule has 1 unspecified atom stereocenters. The van der Waals surface area contributed by atoms with Gasteiger partial charge < -0.3 is 10.1 Å². The zero-order valence-electron chi connectivity index (χ0n) is 12.3. The molecule has 0 saturated carbocycles. The molecule has 1 fully saturated rings. The smallest absolute Gasteiger partial charge is 0.0630 e. The summed E-state index contributed by atoms with van der Waals surface area (Å²) in [6.45, 7) is 13.4. The van der Waals surface area contributed by atoms with Crippen molar-refractivity contribution in [2.24, 2.45) is 5.41 Å². The molecule has 1 N–H and O–H groups in total. The largest absolute Gasteiger partial charge is 0.383 e. The Morgan fingerprint density at radius 3 is 2.59 bits per heavy atom. The molecule has 0 radical (unpaired) electrons. The molecule has 1 aliphatic rings. The van der Waals surface area contributed by atoms with E-state index in [9.17, 15) is 0 Å². The van der Waals surface area contributed by atoms with Gasteiger partial charge in [0.15, 0.2) is 0 Å². The average Bonchev–Trinajstić information content (AvgIpc) is 2.22. The SMILES string of the molecule is COCC(CNC(C)C)N1CCCC(C)(C)C1. The minimum Gasteiger partial charge on any atom is -0.383 e. The zero-order valence-corrected chi connectivity index (χ0v) is 12.3. The summed E-state index contributed by atoms with van der Waals surface area (Å²) in [5.41, 5.74) is 0.460. The Kier molecular flexibility index (Phi) is 5.90. The lowest BCUT2D eigenvalue weighted by Crippen LogP contribution is -2.52. The highest BCUT2D eigenvalue weighted by atomic mass is 16.5. The van der Waals surface area contributed by atoms with E-state index in [1.54, 1.807) is 7.11 Å². The molecular formula is C14H30N2O. The molecular weight excluding hydrogens is 212 g/mol. The number of hydrogen-bond acceptors (Lipinski definition) is 3. The second kappa shape index (κ2) is 6.72.